The summed E-state index contributed by atoms with van der Waals surface area (Å²) >= 11 is 0. The highest BCUT2D eigenvalue weighted by Crippen LogP contribution is 2.26. The molecule has 3 N–H and O–H groups in total. The number of likely N-dealkylation sites (N-methyl/N-ethyl adjacent to an activating group) is 2. The first-order chi connectivity index (χ1) is 9.51. The quantitative estimate of drug-likeness (QED) is 0.788. The lowest BCUT2D eigenvalue weighted by Gasteiger charge is -2.27. The number of hydrogen-bond donors (Lipinski definition) is 2. The molecule has 1 aliphatic heterocycles. The van der Waals surface area contributed by atoms with Crippen molar-refractivity contribution in [2.45, 2.75) is 19.4 Å². The maximum Gasteiger partial charge on any atom is 0.226 e. The number of benzene rings is 1. The molecule has 110 valence electrons. The lowest BCUT2D eigenvalue weighted by Crippen LogP contribution is -2.41. The Balaban J connectivity index is 2.37. The number of rotatable bonds is 2. The van der Waals surface area contributed by atoms with E-state index in [1.54, 1.807) is 4.90 Å². The summed E-state index contributed by atoms with van der Waals surface area (Å²) in [4.78, 5) is 14.0. The lowest BCUT2D eigenvalue weighted by molar-refractivity contribution is -0.129. The predicted molar refractivity (Wildman–Crippen MR) is 79.7 cm³/mol. The molecule has 1 aromatic carbocycles. The zero-order valence-corrected chi connectivity index (χ0v) is 12.3. The number of nitrogens with zero attached hydrogens (tertiary/aromatic N) is 1. The van der Waals surface area contributed by atoms with Crippen molar-refractivity contribution >= 4 is 11.6 Å². The van der Waals surface area contributed by atoms with Crippen LogP contribution in [0.2, 0.25) is 0 Å². The van der Waals surface area contributed by atoms with Crippen molar-refractivity contribution in [3.8, 4) is 5.75 Å². The minimum atomic E-state index is 0.0238. The van der Waals surface area contributed by atoms with E-state index in [4.69, 9.17) is 10.5 Å². The van der Waals surface area contributed by atoms with Gasteiger partial charge in [0.25, 0.3) is 0 Å². The fraction of sp³-hybridized carbons (Fsp3) is 0.533. The van der Waals surface area contributed by atoms with Crippen LogP contribution in [0.15, 0.2) is 18.2 Å². The summed E-state index contributed by atoms with van der Waals surface area (Å²) in [5.74, 6) is 1.10. The molecule has 1 amide bonds. The van der Waals surface area contributed by atoms with E-state index >= 15 is 0 Å². The fourth-order valence-corrected chi connectivity index (χ4v) is 2.53. The molecule has 1 aliphatic rings. The highest BCUT2D eigenvalue weighted by atomic mass is 16.5. The van der Waals surface area contributed by atoms with Crippen molar-refractivity contribution in [3.05, 3.63) is 23.8 Å². The van der Waals surface area contributed by atoms with E-state index < -0.39 is 0 Å². The summed E-state index contributed by atoms with van der Waals surface area (Å²) < 4.78 is 6.12. The number of anilines is 1. The van der Waals surface area contributed by atoms with E-state index in [-0.39, 0.29) is 17.9 Å². The number of hydrogen-bond acceptors (Lipinski definition) is 4. The average molecular weight is 277 g/mol. The second kappa shape index (κ2) is 6.13. The number of ether oxygens (including phenoxy) is 1. The third-order valence-corrected chi connectivity index (χ3v) is 3.73. The number of nitrogens with one attached hydrogen (secondary N) is 1. The summed E-state index contributed by atoms with van der Waals surface area (Å²) in [6.07, 6.45) is 0.353. The van der Waals surface area contributed by atoms with Crippen LogP contribution in [0.3, 0.4) is 0 Å². The minimum Gasteiger partial charge on any atom is -0.488 e. The molecule has 5 heteroatoms. The maximum absolute atomic E-state index is 12.2. The minimum absolute atomic E-state index is 0.0238. The van der Waals surface area contributed by atoms with Gasteiger partial charge in [-0.15, -0.1) is 0 Å². The Hall–Kier alpha value is -1.75. The van der Waals surface area contributed by atoms with Gasteiger partial charge in [-0.2, -0.15) is 0 Å². The Morgan fingerprint density at radius 1 is 1.50 bits per heavy atom. The molecule has 0 spiro atoms. The normalized spacial score (nSPS) is 23.4. The van der Waals surface area contributed by atoms with Gasteiger partial charge in [-0.1, -0.05) is 6.92 Å². The van der Waals surface area contributed by atoms with Crippen LogP contribution in [0.25, 0.3) is 0 Å². The second-order valence-corrected chi connectivity index (χ2v) is 5.51. The molecule has 20 heavy (non-hydrogen) atoms. The van der Waals surface area contributed by atoms with Gasteiger partial charge < -0.3 is 20.7 Å². The monoisotopic (exact) mass is 277 g/mol. The van der Waals surface area contributed by atoms with Crippen LogP contribution in [0.4, 0.5) is 5.69 Å². The molecule has 0 radical (unpaired) electrons. The molecule has 0 aromatic heterocycles. The van der Waals surface area contributed by atoms with E-state index in [1.165, 1.54) is 0 Å². The van der Waals surface area contributed by atoms with Crippen molar-refractivity contribution < 1.29 is 9.53 Å². The molecule has 0 aliphatic carbocycles. The summed E-state index contributed by atoms with van der Waals surface area (Å²) in [7, 11) is 3.74. The van der Waals surface area contributed by atoms with Crippen LogP contribution in [0, 0.1) is 5.92 Å². The maximum atomic E-state index is 12.2. The molecule has 0 fully saturated rings. The number of nitrogens with two attached hydrogens (primary N) is 1. The van der Waals surface area contributed by atoms with Crippen LogP contribution in [0.1, 0.15) is 12.5 Å². The van der Waals surface area contributed by atoms with E-state index in [1.807, 2.05) is 32.3 Å². The topological polar surface area (TPSA) is 67.6 Å². The Labute approximate surface area is 120 Å². The molecular formula is C15H23N3O2. The first kappa shape index (κ1) is 14.7. The third-order valence-electron chi connectivity index (χ3n) is 3.73. The smallest absolute Gasteiger partial charge is 0.226 e. The predicted octanol–water partition coefficient (Wildman–Crippen LogP) is 0.886. The highest BCUT2D eigenvalue weighted by Gasteiger charge is 2.26. The van der Waals surface area contributed by atoms with Gasteiger partial charge in [0.2, 0.25) is 5.91 Å². The third kappa shape index (κ3) is 3.22. The van der Waals surface area contributed by atoms with Gasteiger partial charge >= 0.3 is 0 Å². The van der Waals surface area contributed by atoms with Crippen molar-refractivity contribution in [2.24, 2.45) is 5.92 Å². The molecule has 0 unspecified atom stereocenters. The molecule has 5 nitrogen and oxygen atoms in total. The Morgan fingerprint density at radius 2 is 2.25 bits per heavy atom. The van der Waals surface area contributed by atoms with E-state index in [9.17, 15) is 4.79 Å². The molecule has 2 atom stereocenters. The van der Waals surface area contributed by atoms with Crippen LogP contribution < -0.4 is 15.8 Å². The zero-order valence-electron chi connectivity index (χ0n) is 12.3. The molecule has 0 saturated carbocycles. The molecule has 0 saturated heterocycles. The number of carbonyl (C=O) groups is 1. The number of nitrogen functional groups attached to an aromatic ring is 1. The molecule has 2 rings (SSSR count). The summed E-state index contributed by atoms with van der Waals surface area (Å²) in [6.45, 7) is 3.54. The molecule has 0 bridgehead atoms. The molecule has 1 aromatic rings. The summed E-state index contributed by atoms with van der Waals surface area (Å²) in [5.41, 5.74) is 7.33. The van der Waals surface area contributed by atoms with Gasteiger partial charge in [-0.25, -0.2) is 0 Å². The van der Waals surface area contributed by atoms with E-state index in [2.05, 4.69) is 12.2 Å². The first-order valence-corrected chi connectivity index (χ1v) is 6.95. The number of carbonyl (C=O) groups excluding carboxylic acids is 1. The van der Waals surface area contributed by atoms with E-state index in [0.29, 0.717) is 18.7 Å². The highest BCUT2D eigenvalue weighted by molar-refractivity contribution is 5.79. The van der Waals surface area contributed by atoms with Gasteiger partial charge in [0.05, 0.1) is 6.42 Å². The summed E-state index contributed by atoms with van der Waals surface area (Å²) in [6, 6.07) is 5.50. The van der Waals surface area contributed by atoms with Crippen LogP contribution in [-0.2, 0) is 11.2 Å². The summed E-state index contributed by atoms with van der Waals surface area (Å²) in [5, 5.41) is 3.15. The van der Waals surface area contributed by atoms with Gasteiger partial charge in [0.15, 0.2) is 0 Å². The van der Waals surface area contributed by atoms with Crippen LogP contribution in [0.5, 0.6) is 5.75 Å². The van der Waals surface area contributed by atoms with Crippen molar-refractivity contribution in [1.82, 2.24) is 10.2 Å². The Kier molecular flexibility index (Phi) is 4.49. The largest absolute Gasteiger partial charge is 0.488 e. The van der Waals surface area contributed by atoms with Gasteiger partial charge in [0, 0.05) is 37.3 Å². The zero-order chi connectivity index (χ0) is 14.7. The fourth-order valence-electron chi connectivity index (χ4n) is 2.53. The van der Waals surface area contributed by atoms with Crippen LogP contribution >= 0.6 is 0 Å². The second-order valence-electron chi connectivity index (χ2n) is 5.51. The van der Waals surface area contributed by atoms with Gasteiger partial charge in [-0.3, -0.25) is 4.79 Å². The SMILES string of the molecule is CNC[C@@H]1Oc2ccc(N)cc2CC(=O)N(C)C[C@H]1C. The Bertz CT molecular complexity index is 490. The molecular weight excluding hydrogens is 254 g/mol. The van der Waals surface area contributed by atoms with Crippen molar-refractivity contribution in [1.29, 1.82) is 0 Å². The Morgan fingerprint density at radius 3 is 2.95 bits per heavy atom. The molecule has 1 heterocycles. The lowest BCUT2D eigenvalue weighted by atomic mass is 10.0. The van der Waals surface area contributed by atoms with Crippen molar-refractivity contribution in [2.75, 3.05) is 32.9 Å². The van der Waals surface area contributed by atoms with Crippen LogP contribution in [-0.4, -0.2) is 44.1 Å². The number of amides is 1. The average Bonchev–Trinajstić information content (AvgIpc) is 2.43. The van der Waals surface area contributed by atoms with Gasteiger partial charge in [0.1, 0.15) is 11.9 Å². The number of fused-ring (bicyclic) bond motifs is 1. The van der Waals surface area contributed by atoms with Crippen molar-refractivity contribution in [3.63, 3.8) is 0 Å². The first-order valence-electron chi connectivity index (χ1n) is 6.95. The van der Waals surface area contributed by atoms with E-state index in [0.717, 1.165) is 17.9 Å². The standard InChI is InChI=1S/C15H23N3O2/c1-10-9-18(3)15(19)7-11-6-12(16)4-5-13(11)20-14(10)8-17-2/h4-6,10,14,17H,7-9,16H2,1-3H3/t10-,14+/m1/s1. The van der Waals surface area contributed by atoms with Gasteiger partial charge in [-0.05, 0) is 25.2 Å².